The van der Waals surface area contributed by atoms with E-state index in [1.807, 2.05) is 53.1 Å². The van der Waals surface area contributed by atoms with E-state index >= 15 is 4.39 Å². The first-order valence-corrected chi connectivity index (χ1v) is 14.8. The van der Waals surface area contributed by atoms with Gasteiger partial charge in [-0.2, -0.15) is 5.26 Å². The zero-order valence-corrected chi connectivity index (χ0v) is 24.3. The molecule has 0 amide bonds. The Bertz CT molecular complexity index is 1980. The van der Waals surface area contributed by atoms with Gasteiger partial charge >= 0.3 is 5.97 Å². The first kappa shape index (κ1) is 28.6. The minimum atomic E-state index is -1.20. The third-order valence-corrected chi connectivity index (χ3v) is 8.37. The molecule has 4 heterocycles. The number of carboxylic acid groups (broad SMARTS) is 1. The number of imidazole rings is 1. The summed E-state index contributed by atoms with van der Waals surface area (Å²) in [4.78, 5) is 21.1. The number of carbonyl (C=O) groups is 1. The summed E-state index contributed by atoms with van der Waals surface area (Å²) in [6.07, 6.45) is 1.78. The van der Waals surface area contributed by atoms with Gasteiger partial charge < -0.3 is 23.9 Å². The van der Waals surface area contributed by atoms with Crippen LogP contribution in [0.25, 0.3) is 22.3 Å². The number of hydrogen-bond acceptors (Lipinski definition) is 7. The molecule has 1 saturated heterocycles. The van der Waals surface area contributed by atoms with E-state index < -0.39 is 11.8 Å². The lowest BCUT2D eigenvalue weighted by Gasteiger charge is -2.27. The van der Waals surface area contributed by atoms with Gasteiger partial charge in [0.25, 0.3) is 0 Å². The number of rotatable bonds is 5. The molecule has 3 aromatic carbocycles. The summed E-state index contributed by atoms with van der Waals surface area (Å²) in [5.41, 5.74) is 6.46. The zero-order chi connectivity index (χ0) is 30.9. The van der Waals surface area contributed by atoms with Gasteiger partial charge in [-0.25, -0.2) is 19.2 Å². The maximum atomic E-state index is 15.1. The Morgan fingerprint density at radius 3 is 2.71 bits per heavy atom. The van der Waals surface area contributed by atoms with Crippen LogP contribution in [0.4, 0.5) is 4.39 Å². The lowest BCUT2D eigenvalue weighted by atomic mass is 9.99. The van der Waals surface area contributed by atoms with Gasteiger partial charge in [0.1, 0.15) is 17.9 Å². The van der Waals surface area contributed by atoms with Crippen molar-refractivity contribution in [3.63, 3.8) is 0 Å². The van der Waals surface area contributed by atoms with Crippen molar-refractivity contribution < 1.29 is 28.5 Å². The standard InChI is InChI=1S/C35H29FN4O5/c36-29-14-26(35(41)42)15-31-34(29)39-32(40(31)18-28-9-11-44-28)16-22-6-7-24-13-27(22)19-43-10-8-23-12-21(17-37)4-5-25(23)20-45-33-3-1-2-30(24)38-33/h1-7,12-15,28H,8-11,16,18-20H2,(H,41,42). The lowest BCUT2D eigenvalue weighted by molar-refractivity contribution is -0.0589. The highest BCUT2D eigenvalue weighted by Crippen LogP contribution is 2.29. The van der Waals surface area contributed by atoms with E-state index in [-0.39, 0.29) is 17.2 Å². The molecule has 7 rings (SSSR count). The second kappa shape index (κ2) is 12.1. The van der Waals surface area contributed by atoms with Gasteiger partial charge in [-0.05, 0) is 71.5 Å². The maximum absolute atomic E-state index is 15.1. The number of benzene rings is 3. The first-order valence-electron chi connectivity index (χ1n) is 14.8. The van der Waals surface area contributed by atoms with Crippen LogP contribution in [0.5, 0.6) is 5.88 Å². The van der Waals surface area contributed by atoms with Crippen LogP contribution in [0.1, 0.15) is 50.4 Å². The van der Waals surface area contributed by atoms with Crippen molar-refractivity contribution in [2.24, 2.45) is 0 Å². The number of nitriles is 1. The minimum absolute atomic E-state index is 0.0496. The molecule has 1 unspecified atom stereocenters. The Labute approximate surface area is 258 Å². The van der Waals surface area contributed by atoms with Crippen LogP contribution in [0.15, 0.2) is 66.7 Å². The van der Waals surface area contributed by atoms with Crippen molar-refractivity contribution in [3.05, 3.63) is 112 Å². The van der Waals surface area contributed by atoms with Crippen molar-refractivity contribution in [2.75, 3.05) is 13.2 Å². The summed E-state index contributed by atoms with van der Waals surface area (Å²) in [5.74, 6) is -0.768. The highest BCUT2D eigenvalue weighted by atomic mass is 19.1. The van der Waals surface area contributed by atoms with Gasteiger partial charge in [0.15, 0.2) is 5.82 Å². The van der Waals surface area contributed by atoms with Gasteiger partial charge in [0.05, 0.1) is 54.3 Å². The van der Waals surface area contributed by atoms with Crippen molar-refractivity contribution in [3.8, 4) is 23.2 Å². The molecule has 45 heavy (non-hydrogen) atoms. The fraction of sp³-hybridized carbons (Fsp3) is 0.257. The van der Waals surface area contributed by atoms with Gasteiger partial charge in [0.2, 0.25) is 5.88 Å². The topological polar surface area (TPSA) is 119 Å². The fourth-order valence-corrected chi connectivity index (χ4v) is 5.83. The van der Waals surface area contributed by atoms with Crippen molar-refractivity contribution in [1.29, 1.82) is 5.26 Å². The van der Waals surface area contributed by atoms with Crippen LogP contribution in [-0.4, -0.2) is 44.9 Å². The monoisotopic (exact) mass is 604 g/mol. The number of aromatic nitrogens is 3. The van der Waals surface area contributed by atoms with E-state index in [2.05, 4.69) is 11.1 Å². The van der Waals surface area contributed by atoms with Crippen LogP contribution in [0.3, 0.4) is 0 Å². The molecule has 1 N–H and O–H groups in total. The quantitative estimate of drug-likeness (QED) is 0.266. The molecule has 2 aromatic heterocycles. The lowest BCUT2D eigenvalue weighted by Crippen LogP contribution is -2.31. The van der Waals surface area contributed by atoms with Crippen LogP contribution in [0, 0.1) is 17.1 Å². The van der Waals surface area contributed by atoms with Gasteiger partial charge in [-0.15, -0.1) is 0 Å². The molecule has 9 nitrogen and oxygen atoms in total. The Balaban J connectivity index is 1.27. The van der Waals surface area contributed by atoms with Crippen molar-refractivity contribution in [2.45, 2.75) is 45.1 Å². The smallest absolute Gasteiger partial charge is 0.335 e. The normalized spacial score (nSPS) is 16.1. The Morgan fingerprint density at radius 2 is 1.91 bits per heavy atom. The molecule has 10 heteroatoms. The second-order valence-electron chi connectivity index (χ2n) is 11.3. The first-order chi connectivity index (χ1) is 21.9. The SMILES string of the molecule is N#Cc1ccc2c(c1)CCOCc1cc(ccc1Cc1nc3c(F)cc(C(=O)O)cc3n1CC1CCO1)-c1cccc(n1)OC2. The number of aromatic carboxylic acids is 1. The molecule has 0 spiro atoms. The van der Waals surface area contributed by atoms with Crippen LogP contribution in [-0.2, 0) is 42.1 Å². The second-order valence-corrected chi connectivity index (χ2v) is 11.3. The van der Waals surface area contributed by atoms with E-state index in [0.717, 1.165) is 46.0 Å². The number of pyridine rings is 1. The Kier molecular flexibility index (Phi) is 7.71. The van der Waals surface area contributed by atoms with E-state index in [9.17, 15) is 15.2 Å². The van der Waals surface area contributed by atoms with E-state index in [1.165, 1.54) is 6.07 Å². The van der Waals surface area contributed by atoms with Crippen LogP contribution in [0.2, 0.25) is 0 Å². The third kappa shape index (κ3) is 5.88. The largest absolute Gasteiger partial charge is 0.478 e. The van der Waals surface area contributed by atoms with E-state index in [1.54, 1.807) is 6.07 Å². The van der Waals surface area contributed by atoms with Crippen molar-refractivity contribution >= 4 is 17.0 Å². The van der Waals surface area contributed by atoms with Gasteiger partial charge in [-0.3, -0.25) is 0 Å². The summed E-state index contributed by atoms with van der Waals surface area (Å²) in [5, 5.41) is 19.0. The number of fused-ring (bicyclic) bond motifs is 7. The molecule has 2 aliphatic rings. The number of ether oxygens (including phenoxy) is 3. The molecule has 4 bridgehead atoms. The molecule has 1 fully saturated rings. The van der Waals surface area contributed by atoms with E-state index in [0.29, 0.717) is 68.6 Å². The summed E-state index contributed by atoms with van der Waals surface area (Å²) < 4.78 is 35.0. The molecule has 0 aliphatic carbocycles. The Hall–Kier alpha value is -5.11. The van der Waals surface area contributed by atoms with Gasteiger partial charge in [-0.1, -0.05) is 24.3 Å². The molecule has 2 aliphatic heterocycles. The summed E-state index contributed by atoms with van der Waals surface area (Å²) in [7, 11) is 0. The third-order valence-electron chi connectivity index (χ3n) is 8.37. The molecule has 0 radical (unpaired) electrons. The predicted octanol–water partition coefficient (Wildman–Crippen LogP) is 5.84. The van der Waals surface area contributed by atoms with Crippen LogP contribution < -0.4 is 4.74 Å². The van der Waals surface area contributed by atoms with Crippen molar-refractivity contribution in [1.82, 2.24) is 14.5 Å². The Morgan fingerprint density at radius 1 is 1.02 bits per heavy atom. The predicted molar refractivity (Wildman–Crippen MR) is 162 cm³/mol. The summed E-state index contributed by atoms with van der Waals surface area (Å²) >= 11 is 0. The average Bonchev–Trinajstić information content (AvgIpc) is 3.37. The molecular formula is C35H29FN4O5. The molecule has 1 atom stereocenters. The van der Waals surface area contributed by atoms with Gasteiger partial charge in [0, 0.05) is 24.7 Å². The molecular weight excluding hydrogens is 575 g/mol. The number of hydrogen-bond donors (Lipinski definition) is 1. The molecule has 0 saturated carbocycles. The highest BCUT2D eigenvalue weighted by molar-refractivity contribution is 5.92. The maximum Gasteiger partial charge on any atom is 0.335 e. The fourth-order valence-electron chi connectivity index (χ4n) is 5.83. The highest BCUT2D eigenvalue weighted by Gasteiger charge is 2.24. The minimum Gasteiger partial charge on any atom is -0.478 e. The number of carboxylic acids is 1. The zero-order valence-electron chi connectivity index (χ0n) is 24.3. The molecule has 5 aromatic rings. The summed E-state index contributed by atoms with van der Waals surface area (Å²) in [6, 6.07) is 21.9. The number of halogens is 1. The van der Waals surface area contributed by atoms with E-state index in [4.69, 9.17) is 19.2 Å². The average molecular weight is 605 g/mol. The summed E-state index contributed by atoms with van der Waals surface area (Å²) in [6.45, 7) is 2.17. The number of nitrogens with zero attached hydrogens (tertiary/aromatic N) is 4. The van der Waals surface area contributed by atoms with Crippen LogP contribution >= 0.6 is 0 Å². The molecule has 226 valence electrons.